The number of thiazole rings is 1. The number of benzene rings is 2. The fourth-order valence-corrected chi connectivity index (χ4v) is 5.35. The van der Waals surface area contributed by atoms with Crippen LogP contribution < -0.4 is 10.1 Å². The number of ether oxygens (including phenoxy) is 2. The smallest absolute Gasteiger partial charge is 0.270 e. The normalized spacial score (nSPS) is 16.9. The molecule has 2 aliphatic rings. The molecular weight excluding hydrogens is 474 g/mol. The molecule has 188 valence electrons. The largest absolute Gasteiger partial charge is 0.486 e. The molecule has 1 aliphatic carbocycles. The highest BCUT2D eigenvalue weighted by atomic mass is 32.1. The lowest BCUT2D eigenvalue weighted by Crippen LogP contribution is -2.41. The summed E-state index contributed by atoms with van der Waals surface area (Å²) in [6, 6.07) is 14.5. The van der Waals surface area contributed by atoms with Crippen molar-refractivity contribution >= 4 is 23.2 Å². The van der Waals surface area contributed by atoms with Gasteiger partial charge in [0.05, 0.1) is 12.6 Å². The van der Waals surface area contributed by atoms with E-state index in [0.29, 0.717) is 18.8 Å². The summed E-state index contributed by atoms with van der Waals surface area (Å²) < 4.78 is 11.1. The van der Waals surface area contributed by atoms with Gasteiger partial charge in [0.25, 0.3) is 5.91 Å². The number of nitrogens with one attached hydrogen (secondary N) is 1. The summed E-state index contributed by atoms with van der Waals surface area (Å²) in [5.41, 5.74) is 5.06. The highest BCUT2D eigenvalue weighted by Gasteiger charge is 2.39. The lowest BCUT2D eigenvalue weighted by Gasteiger charge is -2.38. The second-order valence-electron chi connectivity index (χ2n) is 9.40. The van der Waals surface area contributed by atoms with Gasteiger partial charge in [-0.15, -0.1) is 11.3 Å². The van der Waals surface area contributed by atoms with E-state index in [4.69, 9.17) is 9.47 Å². The van der Waals surface area contributed by atoms with Crippen molar-refractivity contribution in [3.63, 3.8) is 0 Å². The predicted molar refractivity (Wildman–Crippen MR) is 138 cm³/mol. The molecule has 1 atom stereocenters. The first-order valence-corrected chi connectivity index (χ1v) is 13.3. The van der Waals surface area contributed by atoms with Crippen LogP contribution >= 0.6 is 11.3 Å². The number of methoxy groups -OCH3 is 1. The minimum atomic E-state index is -0.218. The van der Waals surface area contributed by atoms with E-state index in [1.165, 1.54) is 22.5 Å². The first-order valence-electron chi connectivity index (χ1n) is 12.4. The van der Waals surface area contributed by atoms with Crippen LogP contribution in [0, 0.1) is 12.8 Å². The first-order chi connectivity index (χ1) is 17.5. The first kappa shape index (κ1) is 24.5. The molecule has 5 rings (SSSR count). The quantitative estimate of drug-likeness (QED) is 0.439. The Labute approximate surface area is 215 Å². The van der Waals surface area contributed by atoms with Crippen molar-refractivity contribution in [3.05, 3.63) is 80.8 Å². The van der Waals surface area contributed by atoms with Gasteiger partial charge in [-0.25, -0.2) is 4.98 Å². The average Bonchev–Trinajstić information content (AvgIpc) is 3.63. The summed E-state index contributed by atoms with van der Waals surface area (Å²) in [5, 5.41) is 5.24. The molecule has 2 heterocycles. The molecule has 1 N–H and O–H groups in total. The third-order valence-electron chi connectivity index (χ3n) is 6.65. The molecule has 3 aromatic rings. The van der Waals surface area contributed by atoms with Gasteiger partial charge in [-0.2, -0.15) is 0 Å². The van der Waals surface area contributed by atoms with E-state index < -0.39 is 0 Å². The van der Waals surface area contributed by atoms with Crippen LogP contribution in [0.4, 0.5) is 0 Å². The van der Waals surface area contributed by atoms with Gasteiger partial charge in [0.1, 0.15) is 23.1 Å². The number of carbonyl (C=O) groups excluding carboxylic acids is 2. The monoisotopic (exact) mass is 505 g/mol. The number of rotatable bonds is 9. The van der Waals surface area contributed by atoms with Crippen LogP contribution in [0.3, 0.4) is 0 Å². The van der Waals surface area contributed by atoms with Crippen LogP contribution in [-0.2, 0) is 22.6 Å². The summed E-state index contributed by atoms with van der Waals surface area (Å²) >= 11 is 1.40. The van der Waals surface area contributed by atoms with Crippen molar-refractivity contribution in [1.82, 2.24) is 15.2 Å². The maximum absolute atomic E-state index is 13.2. The number of fused-ring (bicyclic) bond motifs is 1. The van der Waals surface area contributed by atoms with Gasteiger partial charge in [-0.1, -0.05) is 35.9 Å². The Bertz CT molecular complexity index is 1250. The number of amides is 2. The number of nitrogens with zero attached hydrogens (tertiary/aromatic N) is 2. The minimum Gasteiger partial charge on any atom is -0.486 e. The van der Waals surface area contributed by atoms with Gasteiger partial charge in [0.2, 0.25) is 5.91 Å². The van der Waals surface area contributed by atoms with Gasteiger partial charge < -0.3 is 19.7 Å². The molecule has 1 saturated carbocycles. The predicted octanol–water partition coefficient (Wildman–Crippen LogP) is 4.29. The van der Waals surface area contributed by atoms with Crippen molar-refractivity contribution in [2.45, 2.75) is 38.8 Å². The molecule has 1 fully saturated rings. The Balaban J connectivity index is 1.35. The van der Waals surface area contributed by atoms with E-state index >= 15 is 0 Å². The lowest BCUT2D eigenvalue weighted by molar-refractivity contribution is -0.134. The fraction of sp³-hybridized carbons (Fsp3) is 0.393. The van der Waals surface area contributed by atoms with E-state index in [1.54, 1.807) is 12.5 Å². The fourth-order valence-electron chi connectivity index (χ4n) is 4.67. The third-order valence-corrected chi connectivity index (χ3v) is 7.47. The van der Waals surface area contributed by atoms with Gasteiger partial charge in [0.15, 0.2) is 0 Å². The van der Waals surface area contributed by atoms with Crippen molar-refractivity contribution in [1.29, 1.82) is 0 Å². The SMILES string of the molecule is COCCNC(=O)c1csc(COc2ccc3c(c2)[C@H](c2cccc(C)c2)N(C(=O)C2CC2)CC3)n1. The minimum absolute atomic E-state index is 0.118. The van der Waals surface area contributed by atoms with Crippen molar-refractivity contribution in [3.8, 4) is 5.75 Å². The number of hydrogen-bond donors (Lipinski definition) is 1. The van der Waals surface area contributed by atoms with Gasteiger partial charge in [0, 0.05) is 31.5 Å². The third kappa shape index (κ3) is 5.44. The Morgan fingerprint density at radius 1 is 1.19 bits per heavy atom. The second-order valence-corrected chi connectivity index (χ2v) is 10.3. The summed E-state index contributed by atoms with van der Waals surface area (Å²) in [7, 11) is 1.59. The Morgan fingerprint density at radius 3 is 2.83 bits per heavy atom. The van der Waals surface area contributed by atoms with Crippen molar-refractivity contribution in [2.75, 3.05) is 26.8 Å². The molecule has 36 heavy (non-hydrogen) atoms. The van der Waals surface area contributed by atoms with Gasteiger partial charge in [-0.05, 0) is 55.0 Å². The second kappa shape index (κ2) is 10.8. The zero-order valence-electron chi connectivity index (χ0n) is 20.7. The number of carbonyl (C=O) groups is 2. The molecule has 7 nitrogen and oxygen atoms in total. The molecule has 1 aromatic heterocycles. The maximum atomic E-state index is 13.2. The molecule has 0 bridgehead atoms. The van der Waals surface area contributed by atoms with Crippen LogP contribution in [0.15, 0.2) is 47.8 Å². The standard InChI is InChI=1S/C28H31N3O4S/c1-18-4-3-5-21(14-18)26-23-15-22(9-8-19(23)10-12-31(26)28(33)20-6-7-20)35-16-25-30-24(17-36-25)27(32)29-11-13-34-2/h3-5,8-9,14-15,17,20,26H,6-7,10-13,16H2,1-2H3,(H,29,32)/t26-/m0/s1. The number of aryl methyl sites for hydroxylation is 1. The number of hydrogen-bond acceptors (Lipinski definition) is 6. The Morgan fingerprint density at radius 2 is 2.06 bits per heavy atom. The molecule has 0 spiro atoms. The summed E-state index contributed by atoms with van der Waals surface area (Å²) in [6.45, 7) is 3.98. The molecular formula is C28H31N3O4S. The topological polar surface area (TPSA) is 80.8 Å². The van der Waals surface area contributed by atoms with E-state index in [1.807, 2.05) is 6.07 Å². The zero-order valence-corrected chi connectivity index (χ0v) is 21.5. The van der Waals surface area contributed by atoms with Crippen molar-refractivity contribution < 1.29 is 19.1 Å². The van der Waals surface area contributed by atoms with Crippen LogP contribution in [0.5, 0.6) is 5.75 Å². The summed E-state index contributed by atoms with van der Waals surface area (Å²) in [5.74, 6) is 0.944. The maximum Gasteiger partial charge on any atom is 0.270 e. The van der Waals surface area contributed by atoms with Crippen LogP contribution in [0.1, 0.15) is 56.6 Å². The van der Waals surface area contributed by atoms with E-state index in [0.717, 1.165) is 47.7 Å². The van der Waals surface area contributed by atoms with E-state index in [-0.39, 0.29) is 30.4 Å². The van der Waals surface area contributed by atoms with Crippen LogP contribution in [0.25, 0.3) is 0 Å². The lowest BCUT2D eigenvalue weighted by atomic mass is 9.87. The average molecular weight is 506 g/mol. The molecule has 2 amide bonds. The molecule has 2 aromatic carbocycles. The molecule has 0 saturated heterocycles. The van der Waals surface area contributed by atoms with E-state index in [2.05, 4.69) is 58.5 Å². The Hall–Kier alpha value is -3.23. The highest BCUT2D eigenvalue weighted by Crippen LogP contribution is 2.41. The molecule has 0 unspecified atom stereocenters. The van der Waals surface area contributed by atoms with Crippen molar-refractivity contribution in [2.24, 2.45) is 5.92 Å². The van der Waals surface area contributed by atoms with Gasteiger partial charge in [-0.3, -0.25) is 9.59 Å². The highest BCUT2D eigenvalue weighted by molar-refractivity contribution is 7.09. The van der Waals surface area contributed by atoms with Crippen LogP contribution in [-0.4, -0.2) is 48.5 Å². The number of aromatic nitrogens is 1. The molecule has 0 radical (unpaired) electrons. The zero-order chi connectivity index (χ0) is 25.1. The van der Waals surface area contributed by atoms with E-state index in [9.17, 15) is 9.59 Å². The summed E-state index contributed by atoms with van der Waals surface area (Å²) in [6.07, 6.45) is 2.82. The van der Waals surface area contributed by atoms with Gasteiger partial charge >= 0.3 is 0 Å². The molecule has 1 aliphatic heterocycles. The van der Waals surface area contributed by atoms with Crippen LogP contribution in [0.2, 0.25) is 0 Å². The Kier molecular flexibility index (Phi) is 7.34. The molecule has 8 heteroatoms. The summed E-state index contributed by atoms with van der Waals surface area (Å²) in [4.78, 5) is 31.9.